The summed E-state index contributed by atoms with van der Waals surface area (Å²) in [5.74, 6) is -1.12. The Morgan fingerprint density at radius 2 is 1.92 bits per heavy atom. The van der Waals surface area contributed by atoms with E-state index < -0.39 is 12.0 Å². The normalized spacial score (nSPS) is 19.1. The second-order valence-electron chi connectivity index (χ2n) is 6.51. The molecule has 0 radical (unpaired) electrons. The van der Waals surface area contributed by atoms with Gasteiger partial charge < -0.3 is 15.2 Å². The minimum atomic E-state index is -0.928. The predicted octanol–water partition coefficient (Wildman–Crippen LogP) is 3.29. The second-order valence-corrected chi connectivity index (χ2v) is 6.51. The number of aliphatic carboxylic acids is 1. The second kappa shape index (κ2) is 8.12. The van der Waals surface area contributed by atoms with Gasteiger partial charge in [0.25, 0.3) is 0 Å². The lowest BCUT2D eigenvalue weighted by Gasteiger charge is -2.21. The Balaban J connectivity index is 1.80. The summed E-state index contributed by atoms with van der Waals surface area (Å²) in [5.41, 5.74) is 0.819. The molecule has 1 amide bonds. The molecule has 5 heteroatoms. The molecule has 5 nitrogen and oxygen atoms in total. The summed E-state index contributed by atoms with van der Waals surface area (Å²) in [6.45, 7) is 1.27. The zero-order valence-electron chi connectivity index (χ0n) is 14.1. The maximum absolute atomic E-state index is 12.6. The molecule has 0 bridgehead atoms. The lowest BCUT2D eigenvalue weighted by atomic mass is 9.96. The van der Waals surface area contributed by atoms with Crippen LogP contribution in [0.1, 0.15) is 37.3 Å². The average molecular weight is 341 g/mol. The maximum atomic E-state index is 12.6. The summed E-state index contributed by atoms with van der Waals surface area (Å²) in [4.78, 5) is 23.9. The van der Waals surface area contributed by atoms with Gasteiger partial charge in [-0.1, -0.05) is 36.4 Å². The Hall–Kier alpha value is -2.40. The van der Waals surface area contributed by atoms with Crippen molar-refractivity contribution in [1.82, 2.24) is 5.32 Å². The zero-order valence-corrected chi connectivity index (χ0v) is 14.1. The van der Waals surface area contributed by atoms with Crippen molar-refractivity contribution in [2.24, 2.45) is 5.92 Å². The average Bonchev–Trinajstić information content (AvgIpc) is 2.90. The van der Waals surface area contributed by atoms with Crippen LogP contribution in [-0.2, 0) is 14.3 Å². The number of rotatable bonds is 5. The van der Waals surface area contributed by atoms with Crippen LogP contribution in [0.2, 0.25) is 0 Å². The van der Waals surface area contributed by atoms with E-state index in [2.05, 4.69) is 5.32 Å². The molecule has 1 unspecified atom stereocenters. The number of benzene rings is 2. The van der Waals surface area contributed by atoms with E-state index in [1.165, 1.54) is 0 Å². The maximum Gasteiger partial charge on any atom is 0.305 e. The minimum Gasteiger partial charge on any atom is -0.481 e. The highest BCUT2D eigenvalue weighted by molar-refractivity contribution is 5.84. The lowest BCUT2D eigenvalue weighted by Crippen LogP contribution is -2.35. The molecule has 2 aromatic carbocycles. The first-order valence-electron chi connectivity index (χ1n) is 8.72. The summed E-state index contributed by atoms with van der Waals surface area (Å²) in [7, 11) is 0. The van der Waals surface area contributed by atoms with Crippen molar-refractivity contribution in [3.05, 3.63) is 48.0 Å². The van der Waals surface area contributed by atoms with Crippen molar-refractivity contribution < 1.29 is 19.4 Å². The summed E-state index contributed by atoms with van der Waals surface area (Å²) in [5, 5.41) is 14.3. The van der Waals surface area contributed by atoms with E-state index in [1.54, 1.807) is 0 Å². The van der Waals surface area contributed by atoms with Crippen LogP contribution < -0.4 is 5.32 Å². The molecular weight excluding hydrogens is 318 g/mol. The van der Waals surface area contributed by atoms with Gasteiger partial charge in [0.15, 0.2) is 0 Å². The quantitative estimate of drug-likeness (QED) is 0.875. The number of carbonyl (C=O) groups is 2. The number of carboxylic acids is 1. The van der Waals surface area contributed by atoms with E-state index in [0.29, 0.717) is 19.6 Å². The monoisotopic (exact) mass is 341 g/mol. The van der Waals surface area contributed by atoms with E-state index in [-0.39, 0.29) is 18.2 Å². The van der Waals surface area contributed by atoms with Crippen molar-refractivity contribution in [2.75, 3.05) is 13.2 Å². The van der Waals surface area contributed by atoms with Crippen LogP contribution in [-0.4, -0.2) is 30.2 Å². The van der Waals surface area contributed by atoms with Gasteiger partial charge in [-0.05, 0) is 41.7 Å². The van der Waals surface area contributed by atoms with Gasteiger partial charge in [-0.15, -0.1) is 0 Å². The van der Waals surface area contributed by atoms with Crippen molar-refractivity contribution >= 4 is 22.6 Å². The molecule has 0 aliphatic carbocycles. The first-order chi connectivity index (χ1) is 12.1. The number of fused-ring (bicyclic) bond motifs is 1. The Bertz CT molecular complexity index is 750. The Morgan fingerprint density at radius 3 is 2.72 bits per heavy atom. The molecular formula is C20H23NO4. The SMILES string of the molecule is O=C(O)C[C@H](NC(=O)C1CCCOCC1)c1ccc2ccccc2c1. The lowest BCUT2D eigenvalue weighted by molar-refractivity contribution is -0.138. The van der Waals surface area contributed by atoms with Gasteiger partial charge >= 0.3 is 5.97 Å². The van der Waals surface area contributed by atoms with Crippen LogP contribution >= 0.6 is 0 Å². The highest BCUT2D eigenvalue weighted by atomic mass is 16.5. The number of hydrogen-bond acceptors (Lipinski definition) is 3. The molecule has 1 saturated heterocycles. The number of hydrogen-bond donors (Lipinski definition) is 2. The fourth-order valence-corrected chi connectivity index (χ4v) is 3.31. The predicted molar refractivity (Wildman–Crippen MR) is 95.2 cm³/mol. The molecule has 1 aliphatic rings. The molecule has 2 aromatic rings. The zero-order chi connectivity index (χ0) is 17.6. The van der Waals surface area contributed by atoms with E-state index >= 15 is 0 Å². The molecule has 2 atom stereocenters. The van der Waals surface area contributed by atoms with Gasteiger partial charge in [-0.2, -0.15) is 0 Å². The molecule has 132 valence electrons. The summed E-state index contributed by atoms with van der Waals surface area (Å²) >= 11 is 0. The van der Waals surface area contributed by atoms with Gasteiger partial charge in [0.2, 0.25) is 5.91 Å². The van der Waals surface area contributed by atoms with Crippen molar-refractivity contribution in [1.29, 1.82) is 0 Å². The Morgan fingerprint density at radius 1 is 1.12 bits per heavy atom. The third kappa shape index (κ3) is 4.57. The summed E-state index contributed by atoms with van der Waals surface area (Å²) in [6, 6.07) is 13.2. The molecule has 2 N–H and O–H groups in total. The van der Waals surface area contributed by atoms with Crippen LogP contribution in [0.3, 0.4) is 0 Å². The molecule has 1 aliphatic heterocycles. The van der Waals surface area contributed by atoms with Crippen LogP contribution in [0, 0.1) is 5.92 Å². The van der Waals surface area contributed by atoms with Gasteiger partial charge in [0.05, 0.1) is 12.5 Å². The first-order valence-corrected chi connectivity index (χ1v) is 8.72. The first kappa shape index (κ1) is 17.4. The van der Waals surface area contributed by atoms with Crippen LogP contribution in [0.25, 0.3) is 10.8 Å². The Kier molecular flexibility index (Phi) is 5.66. The largest absolute Gasteiger partial charge is 0.481 e. The fraction of sp³-hybridized carbons (Fsp3) is 0.400. The highest BCUT2D eigenvalue weighted by Crippen LogP contribution is 2.24. The number of amides is 1. The van der Waals surface area contributed by atoms with Crippen molar-refractivity contribution in [3.8, 4) is 0 Å². The van der Waals surface area contributed by atoms with Crippen molar-refractivity contribution in [3.63, 3.8) is 0 Å². The topological polar surface area (TPSA) is 75.6 Å². The van der Waals surface area contributed by atoms with Crippen molar-refractivity contribution in [2.45, 2.75) is 31.7 Å². The van der Waals surface area contributed by atoms with Gasteiger partial charge in [-0.25, -0.2) is 0 Å². The third-order valence-corrected chi connectivity index (χ3v) is 4.69. The van der Waals surface area contributed by atoms with Crippen LogP contribution in [0.15, 0.2) is 42.5 Å². The number of carboxylic acid groups (broad SMARTS) is 1. The molecule has 0 spiro atoms. The molecule has 0 saturated carbocycles. The number of ether oxygens (including phenoxy) is 1. The van der Waals surface area contributed by atoms with Crippen LogP contribution in [0.4, 0.5) is 0 Å². The van der Waals surface area contributed by atoms with E-state index in [1.807, 2.05) is 42.5 Å². The van der Waals surface area contributed by atoms with Gasteiger partial charge in [0, 0.05) is 19.1 Å². The standard InChI is InChI=1S/C20H23NO4/c22-19(23)13-18(21-20(24)15-6-3-10-25-11-9-15)17-8-7-14-4-1-2-5-16(14)12-17/h1-2,4-5,7-8,12,15,18H,3,6,9-11,13H2,(H,21,24)(H,22,23)/t15?,18-/m0/s1. The van der Waals surface area contributed by atoms with Gasteiger partial charge in [-0.3, -0.25) is 9.59 Å². The molecule has 3 rings (SSSR count). The van der Waals surface area contributed by atoms with Gasteiger partial charge in [0.1, 0.15) is 0 Å². The fourth-order valence-electron chi connectivity index (χ4n) is 3.31. The summed E-state index contributed by atoms with van der Waals surface area (Å²) < 4.78 is 5.40. The third-order valence-electron chi connectivity index (χ3n) is 4.69. The number of nitrogens with one attached hydrogen (secondary N) is 1. The molecule has 25 heavy (non-hydrogen) atoms. The highest BCUT2D eigenvalue weighted by Gasteiger charge is 2.25. The minimum absolute atomic E-state index is 0.0788. The number of carbonyl (C=O) groups excluding carboxylic acids is 1. The van der Waals surface area contributed by atoms with E-state index in [0.717, 1.165) is 29.2 Å². The summed E-state index contributed by atoms with van der Waals surface area (Å²) in [6.07, 6.45) is 2.19. The molecule has 1 fully saturated rings. The smallest absolute Gasteiger partial charge is 0.305 e. The Labute approximate surface area is 147 Å². The molecule has 1 heterocycles. The van der Waals surface area contributed by atoms with Crippen LogP contribution in [0.5, 0.6) is 0 Å². The van der Waals surface area contributed by atoms with E-state index in [4.69, 9.17) is 4.74 Å². The molecule has 0 aromatic heterocycles. The van der Waals surface area contributed by atoms with E-state index in [9.17, 15) is 14.7 Å².